The Hall–Kier alpha value is -1.90. The highest BCUT2D eigenvalue weighted by Crippen LogP contribution is 2.41. The molecule has 0 radical (unpaired) electrons. The second kappa shape index (κ2) is 6.54. The van der Waals surface area contributed by atoms with Crippen LogP contribution in [0.25, 0.3) is 0 Å². The fourth-order valence-electron chi connectivity index (χ4n) is 0.727. The van der Waals surface area contributed by atoms with Crippen molar-refractivity contribution in [1.82, 2.24) is 0 Å². The Morgan fingerprint density at radius 1 is 0.583 bits per heavy atom. The maximum Gasteiger partial charge on any atom is 0.431 e. The number of carbonyl (C=O) groups is 2. The molecule has 0 fully saturated rings. The molecule has 0 amide bonds. The van der Waals surface area contributed by atoms with Crippen molar-refractivity contribution in [1.29, 1.82) is 0 Å². The standard InChI is InChI=1S/C8H2F12O4/c9-1(10)5(13,14)7(17,18)3(21)23-24-4(22)8(19,20)6(15,16)2(11)12/h1-2H. The third-order valence-corrected chi connectivity index (χ3v) is 2.09. The molecule has 4 nitrogen and oxygen atoms in total. The summed E-state index contributed by atoms with van der Waals surface area (Å²) in [5.74, 6) is -33.4. The minimum atomic E-state index is -6.44. The molecule has 0 saturated carbocycles. The Morgan fingerprint density at radius 2 is 0.792 bits per heavy atom. The zero-order valence-corrected chi connectivity index (χ0v) is 10.3. The van der Waals surface area contributed by atoms with Gasteiger partial charge in [0.05, 0.1) is 0 Å². The van der Waals surface area contributed by atoms with E-state index in [9.17, 15) is 62.3 Å². The molecule has 0 aromatic carbocycles. The van der Waals surface area contributed by atoms with Crippen LogP contribution in [0.2, 0.25) is 0 Å². The predicted molar refractivity (Wildman–Crippen MR) is 44.0 cm³/mol. The van der Waals surface area contributed by atoms with Gasteiger partial charge in [-0.3, -0.25) is 0 Å². The molecule has 24 heavy (non-hydrogen) atoms. The molecular formula is C8H2F12O4. The van der Waals surface area contributed by atoms with Gasteiger partial charge in [-0.1, -0.05) is 0 Å². The molecule has 0 aromatic heterocycles. The summed E-state index contributed by atoms with van der Waals surface area (Å²) in [6.07, 6.45) is -10.4. The predicted octanol–water partition coefficient (Wildman–Crippen LogP) is 3.06. The molecular weight excluding hydrogens is 388 g/mol. The summed E-state index contributed by atoms with van der Waals surface area (Å²) < 4.78 is 146. The minimum absolute atomic E-state index is 2.36. The molecule has 0 rings (SSSR count). The third kappa shape index (κ3) is 3.61. The molecule has 0 saturated heterocycles. The lowest BCUT2D eigenvalue weighted by atomic mass is 10.2. The number of halogens is 12. The summed E-state index contributed by atoms with van der Waals surface area (Å²) in [6, 6.07) is 0. The summed E-state index contributed by atoms with van der Waals surface area (Å²) in [6.45, 7) is 0. The summed E-state index contributed by atoms with van der Waals surface area (Å²) in [5, 5.41) is 0. The quantitative estimate of drug-likeness (QED) is 0.398. The Balaban J connectivity index is 5.16. The van der Waals surface area contributed by atoms with E-state index in [1.54, 1.807) is 0 Å². The number of rotatable bonds is 6. The van der Waals surface area contributed by atoms with Crippen LogP contribution in [0.15, 0.2) is 0 Å². The van der Waals surface area contributed by atoms with Gasteiger partial charge in [0.2, 0.25) is 0 Å². The molecule has 0 spiro atoms. The van der Waals surface area contributed by atoms with Gasteiger partial charge in [-0.2, -0.15) is 35.1 Å². The van der Waals surface area contributed by atoms with Crippen LogP contribution < -0.4 is 0 Å². The van der Waals surface area contributed by atoms with Crippen molar-refractivity contribution in [2.75, 3.05) is 0 Å². The van der Waals surface area contributed by atoms with Gasteiger partial charge >= 0.3 is 48.5 Å². The zero-order valence-electron chi connectivity index (χ0n) is 10.3. The van der Waals surface area contributed by atoms with Crippen LogP contribution >= 0.6 is 0 Å². The monoisotopic (exact) mass is 390 g/mol. The lowest BCUT2D eigenvalue weighted by Crippen LogP contribution is -2.54. The van der Waals surface area contributed by atoms with Crippen molar-refractivity contribution in [2.24, 2.45) is 0 Å². The van der Waals surface area contributed by atoms with Crippen molar-refractivity contribution < 1.29 is 72.0 Å². The van der Waals surface area contributed by atoms with Gasteiger partial charge in [0, 0.05) is 0 Å². The van der Waals surface area contributed by atoms with E-state index in [0.29, 0.717) is 0 Å². The molecule has 0 aromatic rings. The summed E-state index contributed by atoms with van der Waals surface area (Å²) in [5.41, 5.74) is 0. The van der Waals surface area contributed by atoms with E-state index in [1.807, 2.05) is 0 Å². The molecule has 0 heterocycles. The maximum atomic E-state index is 12.6. The normalized spacial score (nSPS) is 14.1. The average Bonchev–Trinajstić information content (AvgIpc) is 2.42. The van der Waals surface area contributed by atoms with Gasteiger partial charge in [0.25, 0.3) is 0 Å². The molecule has 0 unspecified atom stereocenters. The second-order valence-corrected chi connectivity index (χ2v) is 3.74. The maximum absolute atomic E-state index is 12.6. The third-order valence-electron chi connectivity index (χ3n) is 2.09. The topological polar surface area (TPSA) is 52.6 Å². The van der Waals surface area contributed by atoms with Crippen molar-refractivity contribution in [3.8, 4) is 0 Å². The van der Waals surface area contributed by atoms with E-state index in [1.165, 1.54) is 0 Å². The first-order valence-electron chi connectivity index (χ1n) is 4.95. The van der Waals surface area contributed by atoms with E-state index in [-0.39, 0.29) is 0 Å². The largest absolute Gasteiger partial charge is 0.431 e. The average molecular weight is 390 g/mol. The van der Waals surface area contributed by atoms with Crippen LogP contribution in [0, 0.1) is 0 Å². The SMILES string of the molecule is O=C(OOC(=O)C(F)(F)C(F)(F)C(F)F)C(F)(F)C(F)(F)C(F)F. The molecule has 0 N–H and O–H groups in total. The summed E-state index contributed by atoms with van der Waals surface area (Å²) in [7, 11) is 0. The van der Waals surface area contributed by atoms with Crippen molar-refractivity contribution in [2.45, 2.75) is 36.5 Å². The summed E-state index contributed by atoms with van der Waals surface area (Å²) >= 11 is 0. The van der Waals surface area contributed by atoms with Crippen LogP contribution in [0.3, 0.4) is 0 Å². The lowest BCUT2D eigenvalue weighted by molar-refractivity contribution is -0.326. The van der Waals surface area contributed by atoms with Crippen LogP contribution in [0.5, 0.6) is 0 Å². The minimum Gasteiger partial charge on any atom is -0.240 e. The van der Waals surface area contributed by atoms with Gasteiger partial charge < -0.3 is 0 Å². The molecule has 0 aliphatic rings. The lowest BCUT2D eigenvalue weighted by Gasteiger charge is -2.24. The molecule has 0 bridgehead atoms. The first-order valence-corrected chi connectivity index (χ1v) is 4.95. The second-order valence-electron chi connectivity index (χ2n) is 3.74. The number of hydrogen-bond donors (Lipinski definition) is 0. The number of carbonyl (C=O) groups excluding carboxylic acids is 2. The zero-order chi connectivity index (χ0) is 19.7. The van der Waals surface area contributed by atoms with Crippen LogP contribution in [-0.2, 0) is 19.4 Å². The highest BCUT2D eigenvalue weighted by molar-refractivity contribution is 5.82. The molecule has 0 aliphatic carbocycles. The summed E-state index contributed by atoms with van der Waals surface area (Å²) in [4.78, 5) is 25.5. The van der Waals surface area contributed by atoms with Gasteiger partial charge in [-0.05, 0) is 0 Å². The van der Waals surface area contributed by atoms with E-state index in [0.717, 1.165) is 0 Å². The van der Waals surface area contributed by atoms with Gasteiger partial charge in [-0.25, -0.2) is 36.9 Å². The number of alkyl halides is 12. The van der Waals surface area contributed by atoms with Crippen LogP contribution in [-0.4, -0.2) is 48.5 Å². The molecule has 16 heteroatoms. The van der Waals surface area contributed by atoms with Gasteiger partial charge in [0.15, 0.2) is 0 Å². The number of hydrogen-bond acceptors (Lipinski definition) is 4. The highest BCUT2D eigenvalue weighted by atomic mass is 19.4. The molecule has 0 aliphatic heterocycles. The van der Waals surface area contributed by atoms with Crippen LogP contribution in [0.1, 0.15) is 0 Å². The van der Waals surface area contributed by atoms with Crippen molar-refractivity contribution >= 4 is 11.9 Å². The fraction of sp³-hybridized carbons (Fsp3) is 0.750. The van der Waals surface area contributed by atoms with E-state index in [2.05, 4.69) is 9.78 Å². The highest BCUT2D eigenvalue weighted by Gasteiger charge is 2.71. The smallest absolute Gasteiger partial charge is 0.240 e. The van der Waals surface area contributed by atoms with Crippen molar-refractivity contribution in [3.05, 3.63) is 0 Å². The molecule has 142 valence electrons. The Labute approximate surface area is 122 Å². The van der Waals surface area contributed by atoms with Crippen LogP contribution in [0.4, 0.5) is 52.7 Å². The van der Waals surface area contributed by atoms with E-state index >= 15 is 0 Å². The Morgan fingerprint density at radius 3 is 0.958 bits per heavy atom. The molecule has 0 atom stereocenters. The fourth-order valence-corrected chi connectivity index (χ4v) is 0.727. The van der Waals surface area contributed by atoms with E-state index in [4.69, 9.17) is 0 Å². The van der Waals surface area contributed by atoms with Gasteiger partial charge in [-0.15, -0.1) is 0 Å². The van der Waals surface area contributed by atoms with E-state index < -0.39 is 48.5 Å². The van der Waals surface area contributed by atoms with Gasteiger partial charge in [0.1, 0.15) is 0 Å². The Kier molecular flexibility index (Phi) is 6.02. The first kappa shape index (κ1) is 22.1. The van der Waals surface area contributed by atoms with Crippen molar-refractivity contribution in [3.63, 3.8) is 0 Å². The Bertz CT molecular complexity index is 443. The first-order chi connectivity index (χ1) is 10.4.